The van der Waals surface area contributed by atoms with Crippen molar-refractivity contribution in [3.8, 4) is 11.5 Å². The quantitative estimate of drug-likeness (QED) is 0.253. The molecule has 0 radical (unpaired) electrons. The minimum Gasteiger partial charge on any atom is -0.493 e. The van der Waals surface area contributed by atoms with E-state index in [2.05, 4.69) is 28.3 Å². The zero-order valence-corrected chi connectivity index (χ0v) is 16.9. The summed E-state index contributed by atoms with van der Waals surface area (Å²) in [6, 6.07) is 9.95. The van der Waals surface area contributed by atoms with E-state index in [1.54, 1.807) is 13.4 Å². The third kappa shape index (κ3) is 7.39. The van der Waals surface area contributed by atoms with Gasteiger partial charge in [-0.05, 0) is 49.6 Å². The largest absolute Gasteiger partial charge is 0.493 e. The molecule has 28 heavy (non-hydrogen) atoms. The fourth-order valence-corrected chi connectivity index (χ4v) is 2.72. The van der Waals surface area contributed by atoms with Crippen molar-refractivity contribution in [2.24, 2.45) is 4.99 Å². The van der Waals surface area contributed by atoms with Crippen molar-refractivity contribution >= 4 is 5.96 Å². The van der Waals surface area contributed by atoms with Crippen molar-refractivity contribution in [2.45, 2.75) is 26.2 Å². The van der Waals surface area contributed by atoms with Gasteiger partial charge in [-0.25, -0.2) is 0 Å². The SMILES string of the molecule is C=CCNC(=NCCCc1ccc(OC)c(OCC)c1)NCCc1ccco1. The van der Waals surface area contributed by atoms with Gasteiger partial charge in [-0.15, -0.1) is 6.58 Å². The summed E-state index contributed by atoms with van der Waals surface area (Å²) in [6.45, 7) is 8.48. The molecule has 0 unspecified atom stereocenters. The van der Waals surface area contributed by atoms with E-state index in [1.807, 2.05) is 37.3 Å². The lowest BCUT2D eigenvalue weighted by Gasteiger charge is -2.12. The first-order chi connectivity index (χ1) is 13.8. The summed E-state index contributed by atoms with van der Waals surface area (Å²) >= 11 is 0. The highest BCUT2D eigenvalue weighted by Crippen LogP contribution is 2.28. The first-order valence-electron chi connectivity index (χ1n) is 9.72. The minimum atomic E-state index is 0.617. The van der Waals surface area contributed by atoms with Gasteiger partial charge in [-0.1, -0.05) is 12.1 Å². The first kappa shape index (κ1) is 21.4. The molecule has 6 heteroatoms. The van der Waals surface area contributed by atoms with Gasteiger partial charge in [0.2, 0.25) is 0 Å². The molecule has 0 aliphatic carbocycles. The predicted octanol–water partition coefficient (Wildman–Crippen LogP) is 3.58. The summed E-state index contributed by atoms with van der Waals surface area (Å²) < 4.78 is 16.3. The van der Waals surface area contributed by atoms with Crippen molar-refractivity contribution in [1.82, 2.24) is 10.6 Å². The molecule has 2 aromatic rings. The molecule has 1 aromatic heterocycles. The zero-order valence-electron chi connectivity index (χ0n) is 16.9. The molecule has 0 aliphatic heterocycles. The Morgan fingerprint density at radius 1 is 1.21 bits per heavy atom. The summed E-state index contributed by atoms with van der Waals surface area (Å²) in [7, 11) is 1.66. The smallest absolute Gasteiger partial charge is 0.191 e. The summed E-state index contributed by atoms with van der Waals surface area (Å²) in [6.07, 6.45) is 6.19. The fourth-order valence-electron chi connectivity index (χ4n) is 2.72. The number of hydrogen-bond donors (Lipinski definition) is 2. The van der Waals surface area contributed by atoms with Crippen LogP contribution in [0.5, 0.6) is 11.5 Å². The molecule has 0 aliphatic rings. The molecular weight excluding hydrogens is 354 g/mol. The Kier molecular flexibility index (Phi) is 9.55. The molecule has 1 heterocycles. The van der Waals surface area contributed by atoms with Gasteiger partial charge in [0.05, 0.1) is 20.0 Å². The highest BCUT2D eigenvalue weighted by Gasteiger charge is 2.05. The van der Waals surface area contributed by atoms with Crippen molar-refractivity contribution in [1.29, 1.82) is 0 Å². The van der Waals surface area contributed by atoms with Gasteiger partial charge in [-0.3, -0.25) is 4.99 Å². The topological polar surface area (TPSA) is 68.0 Å². The van der Waals surface area contributed by atoms with Crippen LogP contribution < -0.4 is 20.1 Å². The standard InChI is InChI=1S/C22H31N3O3/c1-4-13-23-22(25-15-12-19-9-7-16-28-19)24-14-6-8-18-10-11-20(26-3)21(17-18)27-5-2/h4,7,9-11,16-17H,1,5-6,8,12-15H2,2-3H3,(H2,23,24,25). The number of ether oxygens (including phenoxy) is 2. The van der Waals surface area contributed by atoms with E-state index in [0.29, 0.717) is 13.2 Å². The Morgan fingerprint density at radius 2 is 2.11 bits per heavy atom. The molecule has 2 N–H and O–H groups in total. The summed E-state index contributed by atoms with van der Waals surface area (Å²) in [4.78, 5) is 4.65. The van der Waals surface area contributed by atoms with Crippen molar-refractivity contribution in [3.05, 3.63) is 60.6 Å². The van der Waals surface area contributed by atoms with E-state index in [-0.39, 0.29) is 0 Å². The summed E-state index contributed by atoms with van der Waals surface area (Å²) in [5, 5.41) is 6.57. The van der Waals surface area contributed by atoms with Crippen LogP contribution in [-0.4, -0.2) is 39.3 Å². The lowest BCUT2D eigenvalue weighted by atomic mass is 10.1. The van der Waals surface area contributed by atoms with E-state index in [4.69, 9.17) is 13.9 Å². The van der Waals surface area contributed by atoms with Crippen LogP contribution in [0.15, 0.2) is 58.7 Å². The van der Waals surface area contributed by atoms with E-state index >= 15 is 0 Å². The van der Waals surface area contributed by atoms with Crippen molar-refractivity contribution in [2.75, 3.05) is 33.4 Å². The second kappa shape index (κ2) is 12.5. The van der Waals surface area contributed by atoms with Crippen LogP contribution in [0.3, 0.4) is 0 Å². The Hall–Kier alpha value is -2.89. The summed E-state index contributed by atoms with van der Waals surface area (Å²) in [5.41, 5.74) is 1.21. The predicted molar refractivity (Wildman–Crippen MR) is 113 cm³/mol. The van der Waals surface area contributed by atoms with Crippen LogP contribution in [0.1, 0.15) is 24.7 Å². The molecule has 0 saturated carbocycles. The number of hydrogen-bond acceptors (Lipinski definition) is 4. The molecule has 6 nitrogen and oxygen atoms in total. The number of aryl methyl sites for hydroxylation is 1. The molecule has 1 aromatic carbocycles. The second-order valence-corrected chi connectivity index (χ2v) is 6.18. The third-order valence-corrected chi connectivity index (χ3v) is 4.08. The molecule has 0 saturated heterocycles. The molecule has 0 fully saturated rings. The maximum atomic E-state index is 5.64. The van der Waals surface area contributed by atoms with Gasteiger partial charge in [0.15, 0.2) is 17.5 Å². The highest BCUT2D eigenvalue weighted by molar-refractivity contribution is 5.79. The van der Waals surface area contributed by atoms with Crippen molar-refractivity contribution < 1.29 is 13.9 Å². The van der Waals surface area contributed by atoms with E-state index in [0.717, 1.165) is 55.6 Å². The van der Waals surface area contributed by atoms with Crippen LogP contribution in [0, 0.1) is 0 Å². The number of rotatable bonds is 12. The third-order valence-electron chi connectivity index (χ3n) is 4.08. The van der Waals surface area contributed by atoms with Gasteiger partial charge in [0.1, 0.15) is 5.76 Å². The number of methoxy groups -OCH3 is 1. The molecule has 0 amide bonds. The van der Waals surface area contributed by atoms with Gasteiger partial charge in [-0.2, -0.15) is 0 Å². The lowest BCUT2D eigenvalue weighted by Crippen LogP contribution is -2.38. The Morgan fingerprint density at radius 3 is 2.82 bits per heavy atom. The van der Waals surface area contributed by atoms with Crippen LogP contribution in [0.2, 0.25) is 0 Å². The van der Waals surface area contributed by atoms with Crippen LogP contribution >= 0.6 is 0 Å². The van der Waals surface area contributed by atoms with Gasteiger partial charge < -0.3 is 24.5 Å². The van der Waals surface area contributed by atoms with Crippen LogP contribution in [-0.2, 0) is 12.8 Å². The maximum absolute atomic E-state index is 5.64. The molecule has 152 valence electrons. The van der Waals surface area contributed by atoms with E-state index < -0.39 is 0 Å². The maximum Gasteiger partial charge on any atom is 0.191 e. The molecular formula is C22H31N3O3. The number of benzene rings is 1. The summed E-state index contributed by atoms with van der Waals surface area (Å²) in [5.74, 6) is 3.30. The van der Waals surface area contributed by atoms with E-state index in [9.17, 15) is 0 Å². The van der Waals surface area contributed by atoms with Gasteiger partial charge in [0.25, 0.3) is 0 Å². The van der Waals surface area contributed by atoms with Crippen molar-refractivity contribution in [3.63, 3.8) is 0 Å². The van der Waals surface area contributed by atoms with Gasteiger partial charge in [0, 0.05) is 26.1 Å². The molecule has 0 spiro atoms. The molecule has 0 atom stereocenters. The number of guanidine groups is 1. The van der Waals surface area contributed by atoms with Crippen LogP contribution in [0.25, 0.3) is 0 Å². The fraction of sp³-hybridized carbons (Fsp3) is 0.409. The number of furan rings is 1. The Bertz CT molecular complexity index is 727. The van der Waals surface area contributed by atoms with E-state index in [1.165, 1.54) is 5.56 Å². The lowest BCUT2D eigenvalue weighted by molar-refractivity contribution is 0.310. The molecule has 0 bridgehead atoms. The Labute approximate surface area is 167 Å². The Balaban J connectivity index is 1.82. The second-order valence-electron chi connectivity index (χ2n) is 6.18. The minimum absolute atomic E-state index is 0.617. The number of aliphatic imine (C=N–C) groups is 1. The number of nitrogens with zero attached hydrogens (tertiary/aromatic N) is 1. The average molecular weight is 386 g/mol. The van der Waals surface area contributed by atoms with Gasteiger partial charge >= 0.3 is 0 Å². The highest BCUT2D eigenvalue weighted by atomic mass is 16.5. The monoisotopic (exact) mass is 385 g/mol. The zero-order chi connectivity index (χ0) is 20.0. The molecule has 2 rings (SSSR count). The first-order valence-corrected chi connectivity index (χ1v) is 9.72. The average Bonchev–Trinajstić information content (AvgIpc) is 3.23. The van der Waals surface area contributed by atoms with Crippen LogP contribution in [0.4, 0.5) is 0 Å². The number of nitrogens with one attached hydrogen (secondary N) is 2. The normalized spacial score (nSPS) is 11.1.